The number of azo groups is 1. The van der Waals surface area contributed by atoms with Gasteiger partial charge in [-0.2, -0.15) is 10.2 Å². The Hall–Kier alpha value is -1.12. The molecular formula is C7H11N3. The second kappa shape index (κ2) is 3.15. The van der Waals surface area contributed by atoms with E-state index < -0.39 is 0 Å². The zero-order valence-electron chi connectivity index (χ0n) is 6.23. The van der Waals surface area contributed by atoms with Crippen molar-refractivity contribution in [3.05, 3.63) is 24.4 Å². The monoisotopic (exact) mass is 137 g/mol. The molecule has 0 N–H and O–H groups in total. The second-order valence-corrected chi connectivity index (χ2v) is 2.12. The third-order valence-electron chi connectivity index (χ3n) is 1.37. The standard InChI is InChI=1S/C7H11N3/c1-8-9-7-5-3-4-6-10(7)2/h3-7H,1-2H3/b9-8+. The lowest BCUT2D eigenvalue weighted by Gasteiger charge is -2.20. The van der Waals surface area contributed by atoms with E-state index in [9.17, 15) is 0 Å². The Morgan fingerprint density at radius 1 is 1.40 bits per heavy atom. The number of hydrogen-bond acceptors (Lipinski definition) is 3. The smallest absolute Gasteiger partial charge is 0.160 e. The van der Waals surface area contributed by atoms with Crippen LogP contribution in [0.3, 0.4) is 0 Å². The van der Waals surface area contributed by atoms with Crippen molar-refractivity contribution in [1.82, 2.24) is 4.90 Å². The maximum Gasteiger partial charge on any atom is 0.160 e. The molecule has 0 saturated heterocycles. The number of likely N-dealkylation sites (N-methyl/N-ethyl adjacent to an activating group) is 1. The summed E-state index contributed by atoms with van der Waals surface area (Å²) in [5.74, 6) is 0. The molecule has 1 rings (SSSR count). The molecule has 0 spiro atoms. The predicted octanol–water partition coefficient (Wildman–Crippen LogP) is 1.41. The molecule has 10 heavy (non-hydrogen) atoms. The lowest BCUT2D eigenvalue weighted by molar-refractivity contribution is 0.378. The number of rotatable bonds is 1. The summed E-state index contributed by atoms with van der Waals surface area (Å²) in [6.07, 6.45) is 8.00. The van der Waals surface area contributed by atoms with Crippen LogP contribution in [0.15, 0.2) is 34.7 Å². The van der Waals surface area contributed by atoms with E-state index in [-0.39, 0.29) is 6.17 Å². The van der Waals surface area contributed by atoms with E-state index in [0.29, 0.717) is 0 Å². The fourth-order valence-corrected chi connectivity index (χ4v) is 0.811. The highest BCUT2D eigenvalue weighted by molar-refractivity contribution is 5.11. The first-order valence-electron chi connectivity index (χ1n) is 3.20. The van der Waals surface area contributed by atoms with Crippen molar-refractivity contribution in [2.75, 3.05) is 14.1 Å². The summed E-state index contributed by atoms with van der Waals surface area (Å²) >= 11 is 0. The molecule has 0 aromatic heterocycles. The van der Waals surface area contributed by atoms with Crippen LogP contribution in [0.25, 0.3) is 0 Å². The van der Waals surface area contributed by atoms with Gasteiger partial charge in [-0.25, -0.2) is 0 Å². The Morgan fingerprint density at radius 2 is 2.20 bits per heavy atom. The Kier molecular flexibility index (Phi) is 2.20. The molecule has 0 amide bonds. The van der Waals surface area contributed by atoms with Crippen LogP contribution in [0.4, 0.5) is 0 Å². The lowest BCUT2D eigenvalue weighted by Crippen LogP contribution is -2.23. The van der Waals surface area contributed by atoms with Gasteiger partial charge in [-0.05, 0) is 12.2 Å². The van der Waals surface area contributed by atoms with Crippen molar-refractivity contribution in [1.29, 1.82) is 0 Å². The summed E-state index contributed by atoms with van der Waals surface area (Å²) in [6.45, 7) is 0. The minimum absolute atomic E-state index is 0.0926. The molecule has 3 nitrogen and oxygen atoms in total. The predicted molar refractivity (Wildman–Crippen MR) is 40.6 cm³/mol. The fraction of sp³-hybridized carbons (Fsp3) is 0.429. The lowest BCUT2D eigenvalue weighted by atomic mass is 10.3. The summed E-state index contributed by atoms with van der Waals surface area (Å²) in [4.78, 5) is 1.99. The molecule has 3 heteroatoms. The fourth-order valence-electron chi connectivity index (χ4n) is 0.811. The van der Waals surface area contributed by atoms with Crippen molar-refractivity contribution in [2.24, 2.45) is 10.2 Å². The van der Waals surface area contributed by atoms with Gasteiger partial charge < -0.3 is 4.90 Å². The van der Waals surface area contributed by atoms with Gasteiger partial charge in [0.25, 0.3) is 0 Å². The van der Waals surface area contributed by atoms with Gasteiger partial charge in [-0.15, -0.1) is 0 Å². The SMILES string of the molecule is C/N=N/C1C=CC=CN1C. The molecule has 1 aliphatic rings. The number of nitrogens with zero attached hydrogens (tertiary/aromatic N) is 3. The van der Waals surface area contributed by atoms with E-state index in [0.717, 1.165) is 0 Å². The highest BCUT2D eigenvalue weighted by Crippen LogP contribution is 2.06. The zero-order valence-corrected chi connectivity index (χ0v) is 6.23. The summed E-state index contributed by atoms with van der Waals surface area (Å²) in [7, 11) is 3.65. The molecule has 1 unspecified atom stereocenters. The van der Waals surface area contributed by atoms with Crippen LogP contribution < -0.4 is 0 Å². The maximum atomic E-state index is 3.98. The highest BCUT2D eigenvalue weighted by Gasteiger charge is 2.06. The van der Waals surface area contributed by atoms with E-state index in [1.54, 1.807) is 7.05 Å². The van der Waals surface area contributed by atoms with Gasteiger partial charge in [-0.1, -0.05) is 6.08 Å². The third kappa shape index (κ3) is 1.43. The minimum Gasteiger partial charge on any atom is -0.354 e. The molecule has 1 heterocycles. The summed E-state index contributed by atoms with van der Waals surface area (Å²) < 4.78 is 0. The zero-order chi connectivity index (χ0) is 7.40. The van der Waals surface area contributed by atoms with Gasteiger partial charge in [0.1, 0.15) is 0 Å². The molecule has 0 aromatic carbocycles. The van der Waals surface area contributed by atoms with Crippen molar-refractivity contribution >= 4 is 0 Å². The van der Waals surface area contributed by atoms with E-state index in [1.165, 1.54) is 0 Å². The van der Waals surface area contributed by atoms with Gasteiger partial charge in [0, 0.05) is 20.3 Å². The summed E-state index contributed by atoms with van der Waals surface area (Å²) in [5, 5.41) is 7.69. The molecule has 0 fully saturated rings. The molecule has 1 atom stereocenters. The van der Waals surface area contributed by atoms with Gasteiger partial charge in [0.2, 0.25) is 0 Å². The highest BCUT2D eigenvalue weighted by atomic mass is 15.3. The number of allylic oxidation sites excluding steroid dienone is 2. The Balaban J connectivity index is 2.61. The van der Waals surface area contributed by atoms with Gasteiger partial charge in [0.05, 0.1) is 0 Å². The van der Waals surface area contributed by atoms with Crippen LogP contribution in [0.5, 0.6) is 0 Å². The molecule has 0 saturated carbocycles. The first-order valence-corrected chi connectivity index (χ1v) is 3.20. The third-order valence-corrected chi connectivity index (χ3v) is 1.37. The van der Waals surface area contributed by atoms with Crippen LogP contribution in [0.1, 0.15) is 0 Å². The van der Waals surface area contributed by atoms with Crippen LogP contribution in [0.2, 0.25) is 0 Å². The first-order chi connectivity index (χ1) is 4.84. The largest absolute Gasteiger partial charge is 0.354 e. The molecular weight excluding hydrogens is 126 g/mol. The summed E-state index contributed by atoms with van der Waals surface area (Å²) in [6, 6.07) is 0. The van der Waals surface area contributed by atoms with Crippen LogP contribution >= 0.6 is 0 Å². The molecule has 0 aromatic rings. The molecule has 0 bridgehead atoms. The van der Waals surface area contributed by atoms with Crippen LogP contribution in [-0.2, 0) is 0 Å². The van der Waals surface area contributed by atoms with Gasteiger partial charge >= 0.3 is 0 Å². The molecule has 0 aliphatic carbocycles. The van der Waals surface area contributed by atoms with E-state index in [1.807, 2.05) is 36.4 Å². The van der Waals surface area contributed by atoms with Crippen molar-refractivity contribution in [3.8, 4) is 0 Å². The molecule has 1 aliphatic heterocycles. The first kappa shape index (κ1) is 6.99. The summed E-state index contributed by atoms with van der Waals surface area (Å²) in [5.41, 5.74) is 0. The average molecular weight is 137 g/mol. The number of hydrogen-bond donors (Lipinski definition) is 0. The topological polar surface area (TPSA) is 28.0 Å². The maximum absolute atomic E-state index is 3.98. The van der Waals surface area contributed by atoms with E-state index in [4.69, 9.17) is 0 Å². The Bertz CT molecular complexity index is 181. The van der Waals surface area contributed by atoms with Gasteiger partial charge in [-0.3, -0.25) is 0 Å². The van der Waals surface area contributed by atoms with Crippen LogP contribution in [0, 0.1) is 0 Å². The van der Waals surface area contributed by atoms with E-state index >= 15 is 0 Å². The molecule has 54 valence electrons. The average Bonchev–Trinajstić information content (AvgIpc) is 1.94. The second-order valence-electron chi connectivity index (χ2n) is 2.12. The van der Waals surface area contributed by atoms with Gasteiger partial charge in [0.15, 0.2) is 6.17 Å². The van der Waals surface area contributed by atoms with Crippen molar-refractivity contribution < 1.29 is 0 Å². The molecule has 0 radical (unpaired) electrons. The van der Waals surface area contributed by atoms with Crippen molar-refractivity contribution in [3.63, 3.8) is 0 Å². The van der Waals surface area contributed by atoms with Crippen molar-refractivity contribution in [2.45, 2.75) is 6.17 Å². The van der Waals surface area contributed by atoms with Crippen LogP contribution in [-0.4, -0.2) is 25.2 Å². The Labute approximate surface area is 60.8 Å². The quantitative estimate of drug-likeness (QED) is 0.502. The Morgan fingerprint density at radius 3 is 2.80 bits per heavy atom. The van der Waals surface area contributed by atoms with E-state index in [2.05, 4.69) is 10.2 Å². The minimum atomic E-state index is 0.0926. The normalized spacial score (nSPS) is 24.6.